The van der Waals surface area contributed by atoms with E-state index in [1.807, 2.05) is 25.1 Å². The van der Waals surface area contributed by atoms with Gasteiger partial charge in [-0.3, -0.25) is 0 Å². The van der Waals surface area contributed by atoms with Gasteiger partial charge in [0.25, 0.3) is 0 Å². The van der Waals surface area contributed by atoms with Crippen molar-refractivity contribution in [2.75, 3.05) is 0 Å². The molecule has 0 aliphatic rings. The van der Waals surface area contributed by atoms with Gasteiger partial charge < -0.3 is 0 Å². The van der Waals surface area contributed by atoms with Gasteiger partial charge in [-0.15, -0.1) is 0 Å². The van der Waals surface area contributed by atoms with Crippen LogP contribution >= 0.6 is 0 Å². The minimum Gasteiger partial charge on any atom is -0.207 e. The van der Waals surface area contributed by atoms with Crippen LogP contribution in [0.4, 0.5) is 4.39 Å². The fourth-order valence-electron chi connectivity index (χ4n) is 1.48. The Morgan fingerprint density at radius 1 is 1.07 bits per heavy atom. The number of halogens is 1. The zero-order valence-electron chi connectivity index (χ0n) is 8.05. The van der Waals surface area contributed by atoms with E-state index in [0.29, 0.717) is 0 Å². The largest absolute Gasteiger partial charge is 0.207 e. The third-order valence-corrected chi connectivity index (χ3v) is 2.30. The first-order valence-electron chi connectivity index (χ1n) is 4.52. The number of benzene rings is 2. The van der Waals surface area contributed by atoms with Crippen molar-refractivity contribution in [3.63, 3.8) is 0 Å². The van der Waals surface area contributed by atoms with Gasteiger partial charge in [0.15, 0.2) is 0 Å². The highest BCUT2D eigenvalue weighted by atomic mass is 19.1. The fourth-order valence-corrected chi connectivity index (χ4v) is 1.48. The van der Waals surface area contributed by atoms with E-state index in [0.717, 1.165) is 21.9 Å². The molecule has 0 N–H and O–H groups in total. The molecule has 0 aliphatic heterocycles. The number of fused-ring (bicyclic) bond motifs is 1. The molecule has 0 bridgehead atoms. The van der Waals surface area contributed by atoms with Crippen LogP contribution in [0, 0.1) is 5.82 Å². The number of hydrogen-bond acceptors (Lipinski definition) is 0. The molecule has 0 atom stereocenters. The molecule has 0 spiro atoms. The predicted molar refractivity (Wildman–Crippen MR) is 58.6 cm³/mol. The van der Waals surface area contributed by atoms with E-state index in [9.17, 15) is 4.39 Å². The minimum atomic E-state index is -0.194. The monoisotopic (exact) mass is 186 g/mol. The molecule has 0 unspecified atom stereocenters. The molecule has 0 saturated carbocycles. The van der Waals surface area contributed by atoms with Crippen molar-refractivity contribution in [3.8, 4) is 0 Å². The van der Waals surface area contributed by atoms with Crippen molar-refractivity contribution in [3.05, 3.63) is 54.4 Å². The van der Waals surface area contributed by atoms with E-state index < -0.39 is 0 Å². The summed E-state index contributed by atoms with van der Waals surface area (Å²) in [6.45, 7) is 5.84. The second kappa shape index (κ2) is 3.26. The Kier molecular flexibility index (Phi) is 2.08. The molecule has 0 radical (unpaired) electrons. The molecule has 14 heavy (non-hydrogen) atoms. The van der Waals surface area contributed by atoms with Crippen LogP contribution in [0.3, 0.4) is 0 Å². The molecule has 2 aromatic rings. The standard InChI is InChI=1S/C13H11F/c1-9(2)10-3-4-12-8-13(14)6-5-11(12)7-10/h3-8H,1H2,2H3. The molecular weight excluding hydrogens is 175 g/mol. The molecule has 70 valence electrons. The summed E-state index contributed by atoms with van der Waals surface area (Å²) >= 11 is 0. The average Bonchev–Trinajstić information content (AvgIpc) is 2.16. The molecule has 0 aromatic heterocycles. The number of hydrogen-bond donors (Lipinski definition) is 0. The molecule has 0 aliphatic carbocycles. The zero-order chi connectivity index (χ0) is 10.1. The van der Waals surface area contributed by atoms with Crippen LogP contribution in [0.15, 0.2) is 43.0 Å². The lowest BCUT2D eigenvalue weighted by atomic mass is 10.0. The Bertz CT molecular complexity index is 498. The van der Waals surface area contributed by atoms with Crippen molar-refractivity contribution in [1.82, 2.24) is 0 Å². The maximum atomic E-state index is 12.9. The van der Waals surface area contributed by atoms with E-state index >= 15 is 0 Å². The predicted octanol–water partition coefficient (Wildman–Crippen LogP) is 4.01. The van der Waals surface area contributed by atoms with Crippen LogP contribution in [-0.4, -0.2) is 0 Å². The molecule has 0 fully saturated rings. The summed E-state index contributed by atoms with van der Waals surface area (Å²) in [6, 6.07) is 10.7. The van der Waals surface area contributed by atoms with Crippen molar-refractivity contribution in [1.29, 1.82) is 0 Å². The Morgan fingerprint density at radius 3 is 2.43 bits per heavy atom. The summed E-state index contributed by atoms with van der Waals surface area (Å²) in [5, 5.41) is 1.97. The summed E-state index contributed by atoms with van der Waals surface area (Å²) in [5.74, 6) is -0.194. The first kappa shape index (κ1) is 8.95. The van der Waals surface area contributed by atoms with Gasteiger partial charge in [-0.2, -0.15) is 0 Å². The van der Waals surface area contributed by atoms with E-state index in [2.05, 4.69) is 6.58 Å². The maximum Gasteiger partial charge on any atom is 0.123 e. The van der Waals surface area contributed by atoms with Crippen molar-refractivity contribution >= 4 is 16.3 Å². The van der Waals surface area contributed by atoms with Crippen LogP contribution < -0.4 is 0 Å². The van der Waals surface area contributed by atoms with Gasteiger partial charge in [-0.05, 0) is 41.5 Å². The summed E-state index contributed by atoms with van der Waals surface area (Å²) in [7, 11) is 0. The number of rotatable bonds is 1. The van der Waals surface area contributed by atoms with Gasteiger partial charge in [-0.1, -0.05) is 30.4 Å². The zero-order valence-corrected chi connectivity index (χ0v) is 8.05. The van der Waals surface area contributed by atoms with E-state index in [1.165, 1.54) is 12.1 Å². The number of allylic oxidation sites excluding steroid dienone is 1. The summed E-state index contributed by atoms with van der Waals surface area (Å²) < 4.78 is 12.9. The Balaban J connectivity index is 2.67. The average molecular weight is 186 g/mol. The molecule has 0 amide bonds. The lowest BCUT2D eigenvalue weighted by Crippen LogP contribution is -1.80. The maximum absolute atomic E-state index is 12.9. The highest BCUT2D eigenvalue weighted by Crippen LogP contribution is 2.20. The first-order chi connectivity index (χ1) is 6.66. The summed E-state index contributed by atoms with van der Waals surface area (Å²) in [5.41, 5.74) is 2.13. The Hall–Kier alpha value is -1.63. The van der Waals surface area contributed by atoms with Crippen molar-refractivity contribution in [2.24, 2.45) is 0 Å². The van der Waals surface area contributed by atoms with Gasteiger partial charge >= 0.3 is 0 Å². The molecular formula is C13H11F. The molecule has 2 rings (SSSR count). The van der Waals surface area contributed by atoms with Crippen molar-refractivity contribution in [2.45, 2.75) is 6.92 Å². The van der Waals surface area contributed by atoms with Crippen LogP contribution in [0.5, 0.6) is 0 Å². The van der Waals surface area contributed by atoms with E-state index in [1.54, 1.807) is 6.07 Å². The normalized spacial score (nSPS) is 10.4. The third-order valence-electron chi connectivity index (χ3n) is 2.30. The summed E-state index contributed by atoms with van der Waals surface area (Å²) in [6.07, 6.45) is 0. The van der Waals surface area contributed by atoms with Gasteiger partial charge in [0.05, 0.1) is 0 Å². The smallest absolute Gasteiger partial charge is 0.123 e. The lowest BCUT2D eigenvalue weighted by Gasteiger charge is -2.02. The van der Waals surface area contributed by atoms with Gasteiger partial charge in [0, 0.05) is 0 Å². The highest BCUT2D eigenvalue weighted by Gasteiger charge is 1.98. The lowest BCUT2D eigenvalue weighted by molar-refractivity contribution is 0.630. The van der Waals surface area contributed by atoms with Crippen LogP contribution in [-0.2, 0) is 0 Å². The molecule has 1 heteroatoms. The molecule has 0 saturated heterocycles. The van der Waals surface area contributed by atoms with Gasteiger partial charge in [-0.25, -0.2) is 4.39 Å². The Morgan fingerprint density at radius 2 is 1.71 bits per heavy atom. The third kappa shape index (κ3) is 1.53. The van der Waals surface area contributed by atoms with E-state index in [4.69, 9.17) is 0 Å². The topological polar surface area (TPSA) is 0 Å². The highest BCUT2D eigenvalue weighted by molar-refractivity contribution is 5.85. The van der Waals surface area contributed by atoms with E-state index in [-0.39, 0.29) is 5.82 Å². The summed E-state index contributed by atoms with van der Waals surface area (Å²) in [4.78, 5) is 0. The van der Waals surface area contributed by atoms with Crippen LogP contribution in [0.2, 0.25) is 0 Å². The fraction of sp³-hybridized carbons (Fsp3) is 0.0769. The van der Waals surface area contributed by atoms with Crippen LogP contribution in [0.1, 0.15) is 12.5 Å². The van der Waals surface area contributed by atoms with Gasteiger partial charge in [0.2, 0.25) is 0 Å². The molecule has 0 nitrogen and oxygen atoms in total. The SMILES string of the molecule is C=C(C)c1ccc2cc(F)ccc2c1. The molecule has 2 aromatic carbocycles. The second-order valence-electron chi connectivity index (χ2n) is 3.49. The van der Waals surface area contributed by atoms with Crippen LogP contribution in [0.25, 0.3) is 16.3 Å². The van der Waals surface area contributed by atoms with Crippen molar-refractivity contribution < 1.29 is 4.39 Å². The second-order valence-corrected chi connectivity index (χ2v) is 3.49. The quantitative estimate of drug-likeness (QED) is 0.631. The first-order valence-corrected chi connectivity index (χ1v) is 4.52. The van der Waals surface area contributed by atoms with Gasteiger partial charge in [0.1, 0.15) is 5.82 Å². The Labute approximate surface area is 82.7 Å². The molecule has 0 heterocycles. The minimum absolute atomic E-state index is 0.194.